The SMILES string of the molecule is COc1cccc(-c2ccc(NC(=O)C3=C(C(=O)O)C(C(=O)O)CC3O)c(F)c2)c1. The number of carbonyl (C=O) groups is 3. The van der Waals surface area contributed by atoms with E-state index in [0.29, 0.717) is 16.9 Å². The number of ether oxygens (including phenoxy) is 1. The van der Waals surface area contributed by atoms with Gasteiger partial charge in [-0.1, -0.05) is 18.2 Å². The largest absolute Gasteiger partial charge is 0.497 e. The molecule has 2 unspecified atom stereocenters. The fraction of sp³-hybridized carbons (Fsp3) is 0.190. The van der Waals surface area contributed by atoms with Gasteiger partial charge in [0.2, 0.25) is 0 Å². The van der Waals surface area contributed by atoms with Crippen molar-refractivity contribution in [1.82, 2.24) is 0 Å². The van der Waals surface area contributed by atoms with Gasteiger partial charge in [0.15, 0.2) is 0 Å². The number of anilines is 1. The van der Waals surface area contributed by atoms with Gasteiger partial charge in [-0.15, -0.1) is 0 Å². The van der Waals surface area contributed by atoms with Gasteiger partial charge in [-0.3, -0.25) is 9.59 Å². The Balaban J connectivity index is 1.89. The van der Waals surface area contributed by atoms with Gasteiger partial charge < -0.3 is 25.4 Å². The Labute approximate surface area is 170 Å². The molecule has 0 aliphatic heterocycles. The number of hydrogen-bond acceptors (Lipinski definition) is 5. The van der Waals surface area contributed by atoms with E-state index in [1.54, 1.807) is 30.3 Å². The lowest BCUT2D eigenvalue weighted by atomic mass is 10.0. The van der Waals surface area contributed by atoms with Crippen LogP contribution in [0.3, 0.4) is 0 Å². The molecule has 1 amide bonds. The Morgan fingerprint density at radius 2 is 1.77 bits per heavy atom. The van der Waals surface area contributed by atoms with Crippen LogP contribution < -0.4 is 10.1 Å². The van der Waals surface area contributed by atoms with Crippen LogP contribution in [-0.4, -0.2) is 46.4 Å². The number of amides is 1. The van der Waals surface area contributed by atoms with Gasteiger partial charge >= 0.3 is 11.9 Å². The number of carbonyl (C=O) groups excluding carboxylic acids is 1. The third-order valence-corrected chi connectivity index (χ3v) is 4.82. The number of nitrogens with one attached hydrogen (secondary N) is 1. The van der Waals surface area contributed by atoms with Crippen LogP contribution in [0.15, 0.2) is 53.6 Å². The minimum absolute atomic E-state index is 0.241. The zero-order valence-corrected chi connectivity index (χ0v) is 15.8. The third-order valence-electron chi connectivity index (χ3n) is 4.82. The minimum Gasteiger partial charge on any atom is -0.497 e. The lowest BCUT2D eigenvalue weighted by molar-refractivity contribution is -0.143. The quantitative estimate of drug-likeness (QED) is 0.569. The number of hydrogen-bond donors (Lipinski definition) is 4. The number of benzene rings is 2. The second-order valence-corrected chi connectivity index (χ2v) is 6.66. The highest BCUT2D eigenvalue weighted by Crippen LogP contribution is 2.34. The van der Waals surface area contributed by atoms with Crippen LogP contribution >= 0.6 is 0 Å². The molecule has 0 aromatic heterocycles. The fourth-order valence-electron chi connectivity index (χ4n) is 3.38. The van der Waals surface area contributed by atoms with Gasteiger partial charge in [-0.05, 0) is 41.8 Å². The van der Waals surface area contributed by atoms with Crippen molar-refractivity contribution < 1.29 is 38.8 Å². The van der Waals surface area contributed by atoms with Crippen LogP contribution in [0.25, 0.3) is 11.1 Å². The first-order valence-electron chi connectivity index (χ1n) is 8.86. The van der Waals surface area contributed by atoms with E-state index in [4.69, 9.17) is 9.84 Å². The Kier molecular flexibility index (Phi) is 5.84. The number of methoxy groups -OCH3 is 1. The highest BCUT2D eigenvalue weighted by atomic mass is 19.1. The molecule has 156 valence electrons. The van der Waals surface area contributed by atoms with Gasteiger partial charge in [0.1, 0.15) is 11.6 Å². The molecule has 2 atom stereocenters. The highest BCUT2D eigenvalue weighted by molar-refractivity contribution is 6.12. The number of aliphatic hydroxyl groups excluding tert-OH is 1. The number of halogens is 1. The van der Waals surface area contributed by atoms with Gasteiger partial charge in [-0.2, -0.15) is 0 Å². The predicted molar refractivity (Wildman–Crippen MR) is 103 cm³/mol. The highest BCUT2D eigenvalue weighted by Gasteiger charge is 2.43. The van der Waals surface area contributed by atoms with Crippen LogP contribution in [0.5, 0.6) is 5.75 Å². The molecule has 1 aliphatic carbocycles. The smallest absolute Gasteiger partial charge is 0.333 e. The first-order chi connectivity index (χ1) is 14.2. The maximum absolute atomic E-state index is 14.6. The van der Waals surface area contributed by atoms with Crippen LogP contribution in [0.4, 0.5) is 10.1 Å². The van der Waals surface area contributed by atoms with Crippen LogP contribution in [0, 0.1) is 11.7 Å². The first-order valence-corrected chi connectivity index (χ1v) is 8.86. The summed E-state index contributed by atoms with van der Waals surface area (Å²) in [6.45, 7) is 0. The Morgan fingerprint density at radius 1 is 1.07 bits per heavy atom. The van der Waals surface area contributed by atoms with Crippen LogP contribution in [-0.2, 0) is 14.4 Å². The molecule has 9 heteroatoms. The molecular weight excluding hydrogens is 397 g/mol. The van der Waals surface area contributed by atoms with E-state index in [1.807, 2.05) is 0 Å². The fourth-order valence-corrected chi connectivity index (χ4v) is 3.38. The maximum Gasteiger partial charge on any atom is 0.333 e. The van der Waals surface area contributed by atoms with E-state index in [-0.39, 0.29) is 5.69 Å². The molecule has 0 heterocycles. The molecule has 0 saturated heterocycles. The number of aliphatic carboxylic acids is 2. The molecule has 30 heavy (non-hydrogen) atoms. The molecule has 3 rings (SSSR count). The molecule has 0 spiro atoms. The number of rotatable bonds is 6. The predicted octanol–water partition coefficient (Wildman–Crippen LogP) is 2.29. The van der Waals surface area contributed by atoms with Crippen molar-refractivity contribution in [3.63, 3.8) is 0 Å². The Bertz CT molecular complexity index is 1060. The van der Waals surface area contributed by atoms with Crippen molar-refractivity contribution in [2.75, 3.05) is 12.4 Å². The monoisotopic (exact) mass is 415 g/mol. The second-order valence-electron chi connectivity index (χ2n) is 6.66. The molecule has 2 aromatic carbocycles. The molecule has 8 nitrogen and oxygen atoms in total. The van der Waals surface area contributed by atoms with Gasteiger partial charge in [0.05, 0.1) is 36.0 Å². The number of carboxylic acids is 2. The summed E-state index contributed by atoms with van der Waals surface area (Å²) >= 11 is 0. The summed E-state index contributed by atoms with van der Waals surface area (Å²) in [5, 5.41) is 30.7. The average Bonchev–Trinajstić information content (AvgIpc) is 3.07. The summed E-state index contributed by atoms with van der Waals surface area (Å²) in [5.41, 5.74) is -0.346. The topological polar surface area (TPSA) is 133 Å². The zero-order valence-electron chi connectivity index (χ0n) is 15.8. The molecule has 0 saturated carbocycles. The van der Waals surface area contributed by atoms with E-state index in [0.717, 1.165) is 0 Å². The Hall–Kier alpha value is -3.72. The summed E-state index contributed by atoms with van der Waals surface area (Å²) in [5.74, 6) is -5.90. The van der Waals surface area contributed by atoms with Gasteiger partial charge in [-0.25, -0.2) is 9.18 Å². The summed E-state index contributed by atoms with van der Waals surface area (Å²) in [6.07, 6.45) is -2.03. The summed E-state index contributed by atoms with van der Waals surface area (Å²) in [4.78, 5) is 35.2. The van der Waals surface area contributed by atoms with Crippen molar-refractivity contribution >= 4 is 23.5 Å². The second kappa shape index (κ2) is 8.34. The van der Waals surface area contributed by atoms with E-state index < -0.39 is 53.3 Å². The van der Waals surface area contributed by atoms with Crippen molar-refractivity contribution in [1.29, 1.82) is 0 Å². The molecular formula is C21H18FNO7. The third kappa shape index (κ3) is 4.01. The number of carboxylic acid groups (broad SMARTS) is 2. The lowest BCUT2D eigenvalue weighted by Gasteiger charge is -2.12. The van der Waals surface area contributed by atoms with E-state index in [1.165, 1.54) is 19.2 Å². The van der Waals surface area contributed by atoms with E-state index in [9.17, 15) is 29.0 Å². The average molecular weight is 415 g/mol. The summed E-state index contributed by atoms with van der Waals surface area (Å²) in [6, 6.07) is 11.0. The molecule has 0 bridgehead atoms. The molecule has 1 aliphatic rings. The molecule has 4 N–H and O–H groups in total. The van der Waals surface area contributed by atoms with Crippen molar-refractivity contribution in [2.45, 2.75) is 12.5 Å². The first kappa shape index (κ1) is 21.0. The minimum atomic E-state index is -1.63. The van der Waals surface area contributed by atoms with Gasteiger partial charge in [0.25, 0.3) is 5.91 Å². The van der Waals surface area contributed by atoms with E-state index in [2.05, 4.69) is 5.32 Å². The molecule has 0 radical (unpaired) electrons. The number of aliphatic hydroxyl groups is 1. The van der Waals surface area contributed by atoms with Gasteiger partial charge in [0, 0.05) is 0 Å². The molecule has 2 aromatic rings. The normalized spacial score (nSPS) is 18.2. The molecule has 0 fully saturated rings. The van der Waals surface area contributed by atoms with E-state index >= 15 is 0 Å². The van der Waals surface area contributed by atoms with Crippen molar-refractivity contribution in [3.8, 4) is 16.9 Å². The van der Waals surface area contributed by atoms with Crippen LogP contribution in [0.2, 0.25) is 0 Å². The zero-order chi connectivity index (χ0) is 22.0. The maximum atomic E-state index is 14.6. The lowest BCUT2D eigenvalue weighted by Crippen LogP contribution is -2.24. The van der Waals surface area contributed by atoms with Crippen LogP contribution in [0.1, 0.15) is 6.42 Å². The van der Waals surface area contributed by atoms with Crippen molar-refractivity contribution in [3.05, 3.63) is 59.4 Å². The Morgan fingerprint density at radius 3 is 2.37 bits per heavy atom. The summed E-state index contributed by atoms with van der Waals surface area (Å²) in [7, 11) is 1.50. The summed E-state index contributed by atoms with van der Waals surface area (Å²) < 4.78 is 19.7. The standard InChI is InChI=1S/C21H18FNO7/c1-30-12-4-2-3-10(7-12)11-5-6-15(14(22)8-11)23-19(25)18-16(24)9-13(20(26)27)17(18)21(28)29/h2-8,13,16,24H,9H2,1H3,(H,23,25)(H,26,27)(H,28,29). The van der Waals surface area contributed by atoms with Crippen molar-refractivity contribution in [2.24, 2.45) is 5.92 Å².